The lowest BCUT2D eigenvalue weighted by Crippen LogP contribution is -2.41. The molecule has 1 aliphatic carbocycles. The molecule has 0 unspecified atom stereocenters. The van der Waals surface area contributed by atoms with Crippen LogP contribution in [0.5, 0.6) is 5.88 Å². The van der Waals surface area contributed by atoms with Gasteiger partial charge >= 0.3 is 6.18 Å². The number of benzene rings is 1. The Morgan fingerprint density at radius 3 is 2.35 bits per heavy atom. The minimum absolute atomic E-state index is 0.0145. The number of carbonyl (C=O) groups is 1. The maximum absolute atomic E-state index is 13.8. The van der Waals surface area contributed by atoms with Gasteiger partial charge in [-0.25, -0.2) is 24.9 Å². The molecule has 48 heavy (non-hydrogen) atoms. The van der Waals surface area contributed by atoms with Crippen LogP contribution in [0.25, 0.3) is 22.6 Å². The second-order valence-corrected chi connectivity index (χ2v) is 12.5. The standard InChI is InChI=1S/C34H35F3N8O3/c1-47-32-28(30(24-6-7-24)39-18-41-32)31-40-19-42-33(44-31)38-15-20-2-4-23(5-3-20)29-25(8-9-26(43-29)34(35,36)37)22-10-12-45(13-11-22)27(46)14-21-16-48-17-21/h2-5,8-9,18-19,21-22,24H,6-7,10-17H2,1H3,(H,38,40,42,44). The predicted octanol–water partition coefficient (Wildman–Crippen LogP) is 5.65. The quantitative estimate of drug-likeness (QED) is 0.228. The number of hydrogen-bond acceptors (Lipinski definition) is 10. The van der Waals surface area contributed by atoms with Crippen LogP contribution in [0.4, 0.5) is 19.1 Å². The van der Waals surface area contributed by atoms with Crippen LogP contribution >= 0.6 is 0 Å². The summed E-state index contributed by atoms with van der Waals surface area (Å²) in [5, 5.41) is 3.21. The average Bonchev–Trinajstić information content (AvgIpc) is 3.94. The van der Waals surface area contributed by atoms with Crippen LogP contribution in [0.15, 0.2) is 49.1 Å². The third kappa shape index (κ3) is 6.93. The fourth-order valence-corrected chi connectivity index (χ4v) is 6.28. The molecule has 1 saturated carbocycles. The van der Waals surface area contributed by atoms with Gasteiger partial charge in [-0.2, -0.15) is 18.2 Å². The van der Waals surface area contributed by atoms with Crippen molar-refractivity contribution in [2.24, 2.45) is 5.92 Å². The van der Waals surface area contributed by atoms with E-state index < -0.39 is 11.9 Å². The van der Waals surface area contributed by atoms with E-state index in [1.165, 1.54) is 12.7 Å². The van der Waals surface area contributed by atoms with E-state index in [9.17, 15) is 18.0 Å². The van der Waals surface area contributed by atoms with Gasteiger partial charge in [-0.1, -0.05) is 30.3 Å². The van der Waals surface area contributed by atoms with E-state index in [-0.39, 0.29) is 17.7 Å². The van der Waals surface area contributed by atoms with Gasteiger partial charge in [0.2, 0.25) is 17.7 Å². The number of anilines is 1. The smallest absolute Gasteiger partial charge is 0.433 e. The van der Waals surface area contributed by atoms with Crippen molar-refractivity contribution in [3.63, 3.8) is 0 Å². The van der Waals surface area contributed by atoms with Crippen molar-refractivity contribution >= 4 is 11.9 Å². The lowest BCUT2D eigenvalue weighted by molar-refractivity contribution is -0.141. The molecule has 11 nitrogen and oxygen atoms in total. The zero-order valence-corrected chi connectivity index (χ0v) is 26.4. The molecule has 250 valence electrons. The summed E-state index contributed by atoms with van der Waals surface area (Å²) in [7, 11) is 1.54. The van der Waals surface area contributed by atoms with Gasteiger partial charge in [0, 0.05) is 43.5 Å². The van der Waals surface area contributed by atoms with E-state index in [0.717, 1.165) is 35.7 Å². The van der Waals surface area contributed by atoms with Gasteiger partial charge in [0.05, 0.1) is 31.7 Å². The Labute approximate surface area is 275 Å². The molecule has 0 bridgehead atoms. The highest BCUT2D eigenvalue weighted by atomic mass is 19.4. The van der Waals surface area contributed by atoms with Crippen LogP contribution in [-0.2, 0) is 22.3 Å². The summed E-state index contributed by atoms with van der Waals surface area (Å²) < 4.78 is 51.9. The Morgan fingerprint density at radius 1 is 0.938 bits per heavy atom. The number of aromatic nitrogens is 6. The highest BCUT2D eigenvalue weighted by molar-refractivity contribution is 5.76. The first-order valence-corrected chi connectivity index (χ1v) is 16.1. The number of carbonyl (C=O) groups excluding carboxylic acids is 1. The van der Waals surface area contributed by atoms with Crippen LogP contribution in [-0.4, -0.2) is 74.1 Å². The molecular formula is C34H35F3N8O3. The van der Waals surface area contributed by atoms with Crippen LogP contribution < -0.4 is 10.1 Å². The molecule has 14 heteroatoms. The van der Waals surface area contributed by atoms with Crippen LogP contribution in [0, 0.1) is 5.92 Å². The van der Waals surface area contributed by atoms with Gasteiger partial charge in [0.15, 0.2) is 5.82 Å². The van der Waals surface area contributed by atoms with Crippen molar-refractivity contribution in [2.45, 2.75) is 56.7 Å². The molecule has 0 atom stereocenters. The second-order valence-electron chi connectivity index (χ2n) is 12.5. The summed E-state index contributed by atoms with van der Waals surface area (Å²) in [5.74, 6) is 1.87. The Kier molecular flexibility index (Phi) is 8.90. The fourth-order valence-electron chi connectivity index (χ4n) is 6.28. The summed E-state index contributed by atoms with van der Waals surface area (Å²) in [6, 6.07) is 9.87. The summed E-state index contributed by atoms with van der Waals surface area (Å²) in [4.78, 5) is 40.6. The van der Waals surface area contributed by atoms with Crippen molar-refractivity contribution in [1.29, 1.82) is 0 Å². The number of rotatable bonds is 10. The zero-order chi connectivity index (χ0) is 33.3. The first kappa shape index (κ1) is 31.9. The van der Waals surface area contributed by atoms with E-state index >= 15 is 0 Å². The van der Waals surface area contributed by atoms with Gasteiger partial charge in [-0.05, 0) is 48.8 Å². The number of piperidine rings is 1. The molecule has 2 aliphatic heterocycles. The molecule has 5 heterocycles. The Morgan fingerprint density at radius 2 is 1.69 bits per heavy atom. The number of alkyl halides is 3. The highest BCUT2D eigenvalue weighted by Gasteiger charge is 2.35. The predicted molar refractivity (Wildman–Crippen MR) is 169 cm³/mol. The molecule has 0 spiro atoms. The molecule has 4 aromatic rings. The van der Waals surface area contributed by atoms with Gasteiger partial charge in [-0.3, -0.25) is 4.79 Å². The minimum atomic E-state index is -4.57. The van der Waals surface area contributed by atoms with Crippen LogP contribution in [0.2, 0.25) is 0 Å². The molecule has 1 amide bonds. The summed E-state index contributed by atoms with van der Waals surface area (Å²) in [6.07, 6.45) is 2.20. The van der Waals surface area contributed by atoms with Crippen molar-refractivity contribution in [3.8, 4) is 28.5 Å². The fraction of sp³-hybridized carbons (Fsp3) is 0.441. The summed E-state index contributed by atoms with van der Waals surface area (Å²) in [6.45, 7) is 2.73. The van der Waals surface area contributed by atoms with E-state index in [1.807, 2.05) is 17.0 Å². The normalized spacial score (nSPS) is 17.2. The lowest BCUT2D eigenvalue weighted by Gasteiger charge is -2.35. The van der Waals surface area contributed by atoms with Gasteiger partial charge < -0.3 is 19.7 Å². The Hall–Kier alpha value is -4.72. The number of pyridine rings is 1. The van der Waals surface area contributed by atoms with Crippen molar-refractivity contribution < 1.29 is 27.4 Å². The number of methoxy groups -OCH3 is 1. The van der Waals surface area contributed by atoms with E-state index in [0.29, 0.717) is 92.5 Å². The molecule has 1 N–H and O–H groups in total. The lowest BCUT2D eigenvalue weighted by atomic mass is 9.86. The Balaban J connectivity index is 1.06. The molecule has 2 saturated heterocycles. The SMILES string of the molecule is COc1ncnc(C2CC2)c1-c1ncnc(NCc2ccc(-c3nc(C(F)(F)F)ccc3C3CCN(C(=O)CC4COC4)CC3)cc2)n1. The van der Waals surface area contributed by atoms with Crippen molar-refractivity contribution in [2.75, 3.05) is 38.7 Å². The number of hydrogen-bond donors (Lipinski definition) is 1. The molecule has 7 rings (SSSR count). The first-order chi connectivity index (χ1) is 23.3. The van der Waals surface area contributed by atoms with Gasteiger partial charge in [-0.15, -0.1) is 0 Å². The highest BCUT2D eigenvalue weighted by Crippen LogP contribution is 2.45. The van der Waals surface area contributed by atoms with Crippen molar-refractivity contribution in [3.05, 3.63) is 71.6 Å². The maximum atomic E-state index is 13.8. The van der Waals surface area contributed by atoms with E-state index in [2.05, 4.69) is 35.2 Å². The molecule has 3 aromatic heterocycles. The van der Waals surface area contributed by atoms with E-state index in [4.69, 9.17) is 9.47 Å². The molecule has 0 radical (unpaired) electrons. The number of likely N-dealkylation sites (tertiary alicyclic amines) is 1. The second kappa shape index (κ2) is 13.4. The largest absolute Gasteiger partial charge is 0.480 e. The van der Waals surface area contributed by atoms with Gasteiger partial charge in [0.1, 0.15) is 23.9 Å². The van der Waals surface area contributed by atoms with Crippen LogP contribution in [0.3, 0.4) is 0 Å². The van der Waals surface area contributed by atoms with E-state index in [1.54, 1.807) is 25.3 Å². The maximum Gasteiger partial charge on any atom is 0.433 e. The molecule has 3 fully saturated rings. The molecule has 3 aliphatic rings. The molecule has 1 aromatic carbocycles. The Bertz CT molecular complexity index is 1770. The third-order valence-corrected chi connectivity index (χ3v) is 9.15. The topological polar surface area (TPSA) is 128 Å². The third-order valence-electron chi connectivity index (χ3n) is 9.15. The van der Waals surface area contributed by atoms with Gasteiger partial charge in [0.25, 0.3) is 0 Å². The number of nitrogens with one attached hydrogen (secondary N) is 1. The van der Waals surface area contributed by atoms with Crippen LogP contribution in [0.1, 0.15) is 66.5 Å². The monoisotopic (exact) mass is 660 g/mol. The number of nitrogens with zero attached hydrogens (tertiary/aromatic N) is 7. The minimum Gasteiger partial charge on any atom is -0.480 e. The number of ether oxygens (including phenoxy) is 2. The first-order valence-electron chi connectivity index (χ1n) is 16.1. The number of amides is 1. The number of halogens is 3. The van der Waals surface area contributed by atoms with Crippen molar-refractivity contribution in [1.82, 2.24) is 34.8 Å². The molecular weight excluding hydrogens is 625 g/mol. The summed E-state index contributed by atoms with van der Waals surface area (Å²) in [5.41, 5.74) is 3.12. The zero-order valence-electron chi connectivity index (χ0n) is 26.4. The summed E-state index contributed by atoms with van der Waals surface area (Å²) >= 11 is 0. The average molecular weight is 661 g/mol.